The van der Waals surface area contributed by atoms with Crippen LogP contribution in [0.1, 0.15) is 74.9 Å². The Labute approximate surface area is 394 Å². The van der Waals surface area contributed by atoms with Crippen LogP contribution in [0, 0.1) is 0 Å². The summed E-state index contributed by atoms with van der Waals surface area (Å²) >= 11 is 0. The van der Waals surface area contributed by atoms with Crippen LogP contribution in [0.15, 0.2) is 133 Å². The lowest BCUT2D eigenvalue weighted by atomic mass is 9.95. The molecule has 13 heteroatoms. The van der Waals surface area contributed by atoms with E-state index in [1.807, 2.05) is 133 Å². The van der Waals surface area contributed by atoms with Gasteiger partial charge in [-0.3, -0.25) is 19.6 Å². The Balaban J connectivity index is 1.05. The third-order valence-electron chi connectivity index (χ3n) is 12.3. The maximum Gasteiger partial charge on any atom is 0.318 e. The van der Waals surface area contributed by atoms with Crippen molar-refractivity contribution in [3.8, 4) is 0 Å². The molecule has 1 fully saturated rings. The van der Waals surface area contributed by atoms with E-state index in [2.05, 4.69) is 35.1 Å². The normalized spacial score (nSPS) is 16.0. The highest BCUT2D eigenvalue weighted by Crippen LogP contribution is 2.32. The summed E-state index contributed by atoms with van der Waals surface area (Å²) in [7, 11) is 3.40. The smallest absolute Gasteiger partial charge is 0.318 e. The quantitative estimate of drug-likeness (QED) is 0.0501. The number of carbonyl (C=O) groups is 4. The predicted molar refractivity (Wildman–Crippen MR) is 263 cm³/mol. The summed E-state index contributed by atoms with van der Waals surface area (Å²) in [6.45, 7) is 4.64. The number of amides is 6. The first-order valence-electron chi connectivity index (χ1n) is 23.6. The van der Waals surface area contributed by atoms with Crippen LogP contribution in [-0.4, -0.2) is 94.1 Å². The van der Waals surface area contributed by atoms with Gasteiger partial charge in [0, 0.05) is 24.9 Å². The van der Waals surface area contributed by atoms with Crippen molar-refractivity contribution < 1.29 is 23.9 Å². The Bertz CT molecular complexity index is 2400. The number of pyridine rings is 2. The first-order valence-corrected chi connectivity index (χ1v) is 23.6. The Morgan fingerprint density at radius 1 is 0.522 bits per heavy atom. The Hall–Kier alpha value is -6.86. The summed E-state index contributed by atoms with van der Waals surface area (Å²) in [5.41, 5.74) is 5.19. The van der Waals surface area contributed by atoms with E-state index in [4.69, 9.17) is 14.7 Å². The molecule has 4 aromatic carbocycles. The molecule has 6 aromatic rings. The molecule has 350 valence electrons. The van der Waals surface area contributed by atoms with Gasteiger partial charge < -0.3 is 35.8 Å². The fourth-order valence-electron chi connectivity index (χ4n) is 8.48. The molecule has 1 saturated heterocycles. The number of rotatable bonds is 22. The number of unbranched alkanes of at least 4 members (excludes halogenated alkanes) is 2. The molecule has 0 aliphatic carbocycles. The molecule has 7 rings (SSSR count). The van der Waals surface area contributed by atoms with E-state index in [1.165, 1.54) is 9.80 Å². The lowest BCUT2D eigenvalue weighted by molar-refractivity contribution is -0.124. The van der Waals surface area contributed by atoms with Crippen LogP contribution < -0.4 is 21.3 Å². The van der Waals surface area contributed by atoms with E-state index in [0.29, 0.717) is 25.7 Å². The van der Waals surface area contributed by atoms with Crippen LogP contribution in [-0.2, 0) is 40.3 Å². The Kier molecular flexibility index (Phi) is 16.9. The van der Waals surface area contributed by atoms with Crippen molar-refractivity contribution in [2.75, 3.05) is 14.1 Å². The third-order valence-corrected chi connectivity index (χ3v) is 12.3. The minimum Gasteiger partial charge on any atom is -0.365 e. The van der Waals surface area contributed by atoms with E-state index in [9.17, 15) is 19.2 Å². The third kappa shape index (κ3) is 13.6. The highest BCUT2D eigenvalue weighted by atomic mass is 16.6. The summed E-state index contributed by atoms with van der Waals surface area (Å²) in [6, 6.07) is 40.0. The van der Waals surface area contributed by atoms with Crippen molar-refractivity contribution in [2.24, 2.45) is 0 Å². The van der Waals surface area contributed by atoms with Crippen LogP contribution in [0.4, 0.5) is 9.59 Å². The molecule has 1 aliphatic heterocycles. The molecule has 0 unspecified atom stereocenters. The molecule has 3 heterocycles. The van der Waals surface area contributed by atoms with Crippen LogP contribution in [0.5, 0.6) is 0 Å². The molecule has 67 heavy (non-hydrogen) atoms. The number of nitrogens with zero attached hydrogens (tertiary/aromatic N) is 4. The van der Waals surface area contributed by atoms with Crippen LogP contribution in [0.25, 0.3) is 21.8 Å². The summed E-state index contributed by atoms with van der Waals surface area (Å²) in [6.07, 6.45) is 4.09. The predicted octanol–water partition coefficient (Wildman–Crippen LogP) is 8.11. The number of fused-ring (bicyclic) bond motifs is 2. The van der Waals surface area contributed by atoms with Gasteiger partial charge in [-0.25, -0.2) is 9.59 Å². The maximum absolute atomic E-state index is 14.4. The van der Waals surface area contributed by atoms with Gasteiger partial charge in [0.25, 0.3) is 0 Å². The van der Waals surface area contributed by atoms with Gasteiger partial charge in [0.1, 0.15) is 24.3 Å². The molecule has 0 spiro atoms. The van der Waals surface area contributed by atoms with Gasteiger partial charge in [0.05, 0.1) is 47.6 Å². The molecule has 6 atom stereocenters. The summed E-state index contributed by atoms with van der Waals surface area (Å²) in [5.74, 6) is -0.605. The lowest BCUT2D eigenvalue weighted by Crippen LogP contribution is -2.55. The minimum absolute atomic E-state index is 0.268. The zero-order valence-electron chi connectivity index (χ0n) is 39.1. The van der Waals surface area contributed by atoms with Gasteiger partial charge >= 0.3 is 12.1 Å². The molecule has 6 amide bonds. The van der Waals surface area contributed by atoms with Crippen molar-refractivity contribution in [1.82, 2.24) is 41.0 Å². The van der Waals surface area contributed by atoms with Crippen LogP contribution in [0.2, 0.25) is 0 Å². The second kappa shape index (κ2) is 23.5. The van der Waals surface area contributed by atoms with Crippen LogP contribution >= 0.6 is 0 Å². The van der Waals surface area contributed by atoms with Gasteiger partial charge in [-0.05, 0) is 61.1 Å². The number of hydrogen-bond acceptors (Lipinski definition) is 7. The molecule has 1 aliphatic rings. The number of urea groups is 2. The number of hydrogen-bond donors (Lipinski definition) is 4. The molecule has 4 N–H and O–H groups in total. The van der Waals surface area contributed by atoms with E-state index in [0.717, 1.165) is 70.0 Å². The number of aromatic nitrogens is 2. The standard InChI is InChI=1S/C54H64N8O5/c1-5-7-25-45(59-53(65)61(3)35-41-31-29-39-23-15-17-27-43(39)55-41)51(63)57-47(33-37-19-11-9-12-20-37)49-50(67-49)48(34-38-21-13-10-14-22-38)58-52(64)46(26-8-6-2)60-54(66)62(4)36-42-32-30-40-24-16-18-28-44(40)56-42/h9-24,27-32,45-50H,5-8,25-26,33-36H2,1-4H3,(H,57,63)(H,58,64)(H,59,65)(H,60,66)/t45-,46-,47-,48-,49-,50+/m0/s1. The van der Waals surface area contributed by atoms with E-state index >= 15 is 0 Å². The van der Waals surface area contributed by atoms with Crippen molar-refractivity contribution in [3.05, 3.63) is 156 Å². The first-order chi connectivity index (χ1) is 32.6. The average molecular weight is 905 g/mol. The van der Waals surface area contributed by atoms with Gasteiger partial charge in [0.15, 0.2) is 0 Å². The second-order valence-electron chi connectivity index (χ2n) is 17.7. The molecule has 0 bridgehead atoms. The number of nitrogens with one attached hydrogen (secondary N) is 4. The second-order valence-corrected chi connectivity index (χ2v) is 17.7. The molecule has 13 nitrogen and oxygen atoms in total. The fraction of sp³-hybridized carbons (Fsp3) is 0.370. The van der Waals surface area contributed by atoms with Gasteiger partial charge in [-0.15, -0.1) is 0 Å². The average Bonchev–Trinajstić information content (AvgIpc) is 4.15. The molecule has 0 saturated carbocycles. The Morgan fingerprint density at radius 3 is 1.31 bits per heavy atom. The van der Waals surface area contributed by atoms with Crippen molar-refractivity contribution in [3.63, 3.8) is 0 Å². The van der Waals surface area contributed by atoms with E-state index < -0.39 is 36.4 Å². The van der Waals surface area contributed by atoms with Gasteiger partial charge in [-0.1, -0.05) is 149 Å². The number of epoxide rings is 1. The SMILES string of the molecule is CCCC[C@H](NC(=O)N(C)Cc1ccc2ccccc2n1)C(=O)N[C@@H](Cc1ccccc1)[C@@H]1O[C@@H]1[C@H](Cc1ccccc1)NC(=O)[C@H](CCCC)NC(=O)N(C)Cc1ccc2ccccc2n1. The van der Waals surface area contributed by atoms with Crippen molar-refractivity contribution >= 4 is 45.7 Å². The molecular formula is C54H64N8O5. The summed E-state index contributed by atoms with van der Waals surface area (Å²) in [4.78, 5) is 68.7. The van der Waals surface area contributed by atoms with E-state index in [-0.39, 0.29) is 37.0 Å². The molecule has 2 aromatic heterocycles. The van der Waals surface area contributed by atoms with Gasteiger partial charge in [0.2, 0.25) is 11.8 Å². The Morgan fingerprint density at radius 2 is 0.910 bits per heavy atom. The number of carbonyl (C=O) groups excluding carboxylic acids is 4. The zero-order chi connectivity index (χ0) is 47.1. The van der Waals surface area contributed by atoms with Crippen molar-refractivity contribution in [2.45, 2.75) is 115 Å². The monoisotopic (exact) mass is 904 g/mol. The number of para-hydroxylation sites is 2. The van der Waals surface area contributed by atoms with Crippen LogP contribution in [0.3, 0.4) is 0 Å². The summed E-state index contributed by atoms with van der Waals surface area (Å²) in [5, 5.41) is 14.6. The fourth-order valence-corrected chi connectivity index (χ4v) is 8.48. The number of ether oxygens (including phenoxy) is 1. The van der Waals surface area contributed by atoms with Gasteiger partial charge in [-0.2, -0.15) is 0 Å². The minimum atomic E-state index is -0.798. The zero-order valence-corrected chi connectivity index (χ0v) is 39.1. The largest absolute Gasteiger partial charge is 0.365 e. The number of benzene rings is 4. The topological polar surface area (TPSA) is 161 Å². The van der Waals surface area contributed by atoms with Crippen molar-refractivity contribution in [1.29, 1.82) is 0 Å². The summed E-state index contributed by atoms with van der Waals surface area (Å²) < 4.78 is 6.51. The first kappa shape index (κ1) is 48.1. The lowest BCUT2D eigenvalue weighted by Gasteiger charge is -2.27. The molecule has 0 radical (unpaired) electrons. The maximum atomic E-state index is 14.4. The van der Waals surface area contributed by atoms with E-state index in [1.54, 1.807) is 14.1 Å². The highest BCUT2D eigenvalue weighted by Gasteiger charge is 2.51. The highest BCUT2D eigenvalue weighted by molar-refractivity contribution is 5.88. The molecular weight excluding hydrogens is 841 g/mol.